The maximum atomic E-state index is 12.9. The second-order valence-corrected chi connectivity index (χ2v) is 10.5. The molecule has 0 saturated carbocycles. The zero-order valence-electron chi connectivity index (χ0n) is 22.3. The van der Waals surface area contributed by atoms with E-state index >= 15 is 0 Å². The van der Waals surface area contributed by atoms with Gasteiger partial charge in [-0.2, -0.15) is 0 Å². The fourth-order valence-corrected chi connectivity index (χ4v) is 4.68. The molecule has 0 spiro atoms. The Bertz CT molecular complexity index is 1510. The minimum absolute atomic E-state index is 0.162. The van der Waals surface area contributed by atoms with Gasteiger partial charge in [-0.05, 0) is 68.8 Å². The van der Waals surface area contributed by atoms with Crippen molar-refractivity contribution in [1.82, 2.24) is 14.0 Å². The van der Waals surface area contributed by atoms with Crippen molar-refractivity contribution in [2.45, 2.75) is 45.9 Å². The molecule has 1 amide bonds. The van der Waals surface area contributed by atoms with Gasteiger partial charge in [-0.3, -0.25) is 9.36 Å². The predicted octanol–water partition coefficient (Wildman–Crippen LogP) is 5.17. The highest BCUT2D eigenvalue weighted by Crippen LogP contribution is 2.26. The van der Waals surface area contributed by atoms with Crippen molar-refractivity contribution >= 4 is 17.0 Å². The Morgan fingerprint density at radius 1 is 0.921 bits per heavy atom. The summed E-state index contributed by atoms with van der Waals surface area (Å²) in [5.74, 6) is 1.31. The molecular formula is C30H33N3O5. The van der Waals surface area contributed by atoms with Crippen molar-refractivity contribution in [3.63, 3.8) is 0 Å². The van der Waals surface area contributed by atoms with Crippen molar-refractivity contribution in [3.05, 3.63) is 88.5 Å². The van der Waals surface area contributed by atoms with Gasteiger partial charge in [0.15, 0.2) is 0 Å². The summed E-state index contributed by atoms with van der Waals surface area (Å²) in [5.41, 5.74) is 3.36. The van der Waals surface area contributed by atoms with Gasteiger partial charge < -0.3 is 23.7 Å². The standard InChI is InChI=1S/C30H33N3O5/c1-30(2,3)38-29(35)31-13-11-24-18-22-17-23(7-10-27(22)32(24)16-15-31)33-14-12-26(19-28(33)34)37-20-21-5-8-25(36-4)9-6-21/h5-10,12,14,17-19H,11,13,15-16,20H2,1-4H3. The maximum absolute atomic E-state index is 12.9. The van der Waals surface area contributed by atoms with E-state index < -0.39 is 5.60 Å². The summed E-state index contributed by atoms with van der Waals surface area (Å²) in [5, 5.41) is 1.06. The summed E-state index contributed by atoms with van der Waals surface area (Å²) in [6, 6.07) is 19.1. The molecular weight excluding hydrogens is 482 g/mol. The molecule has 198 valence electrons. The molecule has 2 aromatic heterocycles. The van der Waals surface area contributed by atoms with Gasteiger partial charge in [0.1, 0.15) is 23.7 Å². The highest BCUT2D eigenvalue weighted by atomic mass is 16.6. The van der Waals surface area contributed by atoms with Crippen LogP contribution in [0, 0.1) is 0 Å². The third kappa shape index (κ3) is 5.54. The molecule has 38 heavy (non-hydrogen) atoms. The molecule has 1 aliphatic heterocycles. The normalized spacial score (nSPS) is 13.6. The number of rotatable bonds is 5. The molecule has 8 heteroatoms. The largest absolute Gasteiger partial charge is 0.497 e. The Kier molecular flexibility index (Phi) is 6.89. The van der Waals surface area contributed by atoms with E-state index in [-0.39, 0.29) is 11.7 Å². The van der Waals surface area contributed by atoms with Gasteiger partial charge >= 0.3 is 6.09 Å². The van der Waals surface area contributed by atoms with Crippen LogP contribution in [0.3, 0.4) is 0 Å². The number of nitrogens with zero attached hydrogens (tertiary/aromatic N) is 3. The molecule has 0 unspecified atom stereocenters. The lowest BCUT2D eigenvalue weighted by molar-refractivity contribution is 0.0254. The number of amides is 1. The molecule has 4 aromatic rings. The molecule has 5 rings (SSSR count). The molecule has 0 bridgehead atoms. The van der Waals surface area contributed by atoms with Crippen LogP contribution in [0.1, 0.15) is 32.0 Å². The van der Waals surface area contributed by atoms with E-state index in [9.17, 15) is 9.59 Å². The third-order valence-corrected chi connectivity index (χ3v) is 6.59. The maximum Gasteiger partial charge on any atom is 0.410 e. The number of fused-ring (bicyclic) bond motifs is 3. The fraction of sp³-hybridized carbons (Fsp3) is 0.333. The Morgan fingerprint density at radius 2 is 1.71 bits per heavy atom. The molecule has 0 aliphatic carbocycles. The van der Waals surface area contributed by atoms with Gasteiger partial charge in [0, 0.05) is 60.6 Å². The van der Waals surface area contributed by atoms with Crippen LogP contribution in [-0.2, 0) is 24.3 Å². The number of hydrogen-bond acceptors (Lipinski definition) is 5. The number of pyridine rings is 1. The van der Waals surface area contributed by atoms with Gasteiger partial charge in [0.05, 0.1) is 7.11 Å². The van der Waals surface area contributed by atoms with E-state index in [0.29, 0.717) is 32.0 Å². The average molecular weight is 516 g/mol. The van der Waals surface area contributed by atoms with Crippen molar-refractivity contribution in [3.8, 4) is 17.2 Å². The smallest absolute Gasteiger partial charge is 0.410 e. The molecule has 0 fully saturated rings. The number of benzene rings is 2. The van der Waals surface area contributed by atoms with Crippen LogP contribution in [0.15, 0.2) is 71.7 Å². The molecule has 0 saturated heterocycles. The zero-order valence-corrected chi connectivity index (χ0v) is 22.3. The molecule has 8 nitrogen and oxygen atoms in total. The van der Waals surface area contributed by atoms with E-state index in [1.54, 1.807) is 28.8 Å². The Balaban J connectivity index is 1.30. The van der Waals surface area contributed by atoms with Gasteiger partial charge in [-0.15, -0.1) is 0 Å². The van der Waals surface area contributed by atoms with Gasteiger partial charge in [-0.1, -0.05) is 12.1 Å². The van der Waals surface area contributed by atoms with Crippen molar-refractivity contribution in [2.24, 2.45) is 0 Å². The van der Waals surface area contributed by atoms with E-state index in [1.807, 2.05) is 63.2 Å². The molecule has 0 radical (unpaired) electrons. The van der Waals surface area contributed by atoms with Crippen LogP contribution in [0.5, 0.6) is 11.5 Å². The lowest BCUT2D eigenvalue weighted by atomic mass is 10.2. The van der Waals surface area contributed by atoms with Crippen molar-refractivity contribution < 1.29 is 19.0 Å². The second kappa shape index (κ2) is 10.3. The Morgan fingerprint density at radius 3 is 2.42 bits per heavy atom. The predicted molar refractivity (Wildman–Crippen MR) is 146 cm³/mol. The molecule has 0 atom stereocenters. The summed E-state index contributed by atoms with van der Waals surface area (Å²) in [4.78, 5) is 27.2. The quantitative estimate of drug-likeness (QED) is 0.367. The Hall–Kier alpha value is -4.20. The van der Waals surface area contributed by atoms with Crippen LogP contribution >= 0.6 is 0 Å². The van der Waals surface area contributed by atoms with Gasteiger partial charge in [0.25, 0.3) is 5.56 Å². The summed E-state index contributed by atoms with van der Waals surface area (Å²) in [6.45, 7) is 7.89. The highest BCUT2D eigenvalue weighted by Gasteiger charge is 2.25. The molecule has 1 aliphatic rings. The summed E-state index contributed by atoms with van der Waals surface area (Å²) in [6.07, 6.45) is 2.21. The summed E-state index contributed by atoms with van der Waals surface area (Å²) in [7, 11) is 1.63. The lowest BCUT2D eigenvalue weighted by Gasteiger charge is -2.26. The topological polar surface area (TPSA) is 74.9 Å². The monoisotopic (exact) mass is 515 g/mol. The van der Waals surface area contributed by atoms with Crippen LogP contribution in [-0.4, -0.2) is 45.9 Å². The molecule has 2 aromatic carbocycles. The van der Waals surface area contributed by atoms with Gasteiger partial charge in [-0.25, -0.2) is 4.79 Å². The van der Waals surface area contributed by atoms with Crippen molar-refractivity contribution in [2.75, 3.05) is 20.2 Å². The zero-order chi connectivity index (χ0) is 26.9. The van der Waals surface area contributed by atoms with Crippen molar-refractivity contribution in [1.29, 1.82) is 0 Å². The Labute approximate surface area is 222 Å². The minimum Gasteiger partial charge on any atom is -0.497 e. The summed E-state index contributed by atoms with van der Waals surface area (Å²) >= 11 is 0. The lowest BCUT2D eigenvalue weighted by Crippen LogP contribution is -2.38. The van der Waals surface area contributed by atoms with E-state index in [2.05, 4.69) is 10.6 Å². The first-order valence-corrected chi connectivity index (χ1v) is 12.8. The second-order valence-electron chi connectivity index (χ2n) is 10.5. The van der Waals surface area contributed by atoms with E-state index in [0.717, 1.165) is 40.0 Å². The van der Waals surface area contributed by atoms with E-state index in [4.69, 9.17) is 14.2 Å². The molecule has 3 heterocycles. The van der Waals surface area contributed by atoms with Crippen LogP contribution in [0.2, 0.25) is 0 Å². The number of carbonyl (C=O) groups is 1. The van der Waals surface area contributed by atoms with Crippen LogP contribution in [0.4, 0.5) is 4.79 Å². The van der Waals surface area contributed by atoms with E-state index in [1.165, 1.54) is 6.07 Å². The number of carbonyl (C=O) groups excluding carboxylic acids is 1. The summed E-state index contributed by atoms with van der Waals surface area (Å²) < 4.78 is 20.4. The number of hydrogen-bond donors (Lipinski definition) is 0. The first kappa shape index (κ1) is 25.4. The molecule has 0 N–H and O–H groups in total. The minimum atomic E-state index is -0.513. The fourth-order valence-electron chi connectivity index (χ4n) is 4.68. The van der Waals surface area contributed by atoms with Gasteiger partial charge in [0.2, 0.25) is 0 Å². The highest BCUT2D eigenvalue weighted by molar-refractivity contribution is 5.83. The number of methoxy groups -OCH3 is 1. The van der Waals surface area contributed by atoms with Crippen LogP contribution in [0.25, 0.3) is 16.6 Å². The number of aromatic nitrogens is 2. The average Bonchev–Trinajstić information content (AvgIpc) is 3.09. The third-order valence-electron chi connectivity index (χ3n) is 6.59. The van der Waals surface area contributed by atoms with Crippen LogP contribution < -0.4 is 15.0 Å². The number of ether oxygens (including phenoxy) is 3. The first-order chi connectivity index (χ1) is 18.2. The SMILES string of the molecule is COc1ccc(COc2ccn(-c3ccc4c(c3)cc3n4CCN(C(=O)OC(C)(C)C)CC3)c(=O)c2)cc1. The first-order valence-electron chi connectivity index (χ1n) is 12.8.